The van der Waals surface area contributed by atoms with Crippen LogP contribution < -0.4 is 0 Å². The molecule has 2 fully saturated rings. The van der Waals surface area contributed by atoms with E-state index in [1.807, 2.05) is 73.2 Å². The average Bonchev–Trinajstić information content (AvgIpc) is 2.78. The highest BCUT2D eigenvalue weighted by Gasteiger charge is 2.68. The van der Waals surface area contributed by atoms with E-state index in [0.717, 1.165) is 0 Å². The molecule has 0 aliphatic carbocycles. The topological polar surface area (TPSA) is 161 Å². The minimum absolute atomic E-state index is 0.170. The first-order chi connectivity index (χ1) is 24.7. The molecule has 0 atom stereocenters. The molecule has 44 heteroatoms. The Morgan fingerprint density at radius 2 is 0.357 bits per heavy atom. The molecule has 0 radical (unpaired) electrons. The van der Waals surface area contributed by atoms with Gasteiger partial charge in [-0.3, -0.25) is 0 Å². The molecular weight excluding hydrogens is 1310 g/mol. The largest absolute Gasteiger partial charge is 0.257 e. The molecule has 0 aromatic heterocycles. The second-order valence-corrected chi connectivity index (χ2v) is 64.2. The van der Waals surface area contributed by atoms with Crippen LogP contribution in [0.15, 0.2) is 54.2 Å². The Kier molecular flexibility index (Phi) is 17.0. The van der Waals surface area contributed by atoms with Crippen molar-refractivity contribution in [2.75, 3.05) is 0 Å². The summed E-state index contributed by atoms with van der Waals surface area (Å²) in [5.74, 6) is -25.5. The van der Waals surface area contributed by atoms with Gasteiger partial charge < -0.3 is 0 Å². The van der Waals surface area contributed by atoms with E-state index in [-0.39, 0.29) is 24.2 Å². The molecule has 6 rings (SSSR count). The number of hydrogen-bond donors (Lipinski definition) is 0. The number of hydrogen-bond acceptors (Lipinski definition) is 16. The van der Waals surface area contributed by atoms with E-state index in [9.17, 15) is 0 Å². The van der Waals surface area contributed by atoms with Crippen molar-refractivity contribution in [1.29, 1.82) is 0 Å². The third-order valence-electron chi connectivity index (χ3n) is 6.73. The first kappa shape index (κ1) is 54.2. The molecule has 6 heterocycles. The molecular formula is C12H28Cl16N16P12. The summed E-state index contributed by atoms with van der Waals surface area (Å²) in [6.07, 6.45) is 0. The van der Waals surface area contributed by atoms with Gasteiger partial charge in [0.15, 0.2) is 0 Å². The maximum Gasteiger partial charge on any atom is 0.257 e. The molecule has 16 nitrogen and oxygen atoms in total. The maximum atomic E-state index is 6.39. The van der Waals surface area contributed by atoms with Crippen molar-refractivity contribution in [3.8, 4) is 0 Å². The van der Waals surface area contributed by atoms with Gasteiger partial charge in [-0.1, -0.05) is 0 Å². The number of halogens is 16. The quantitative estimate of drug-likeness (QED) is 0.256. The fourth-order valence-corrected chi connectivity index (χ4v) is 79.4. The summed E-state index contributed by atoms with van der Waals surface area (Å²) in [4.78, 5) is 0. The normalized spacial score (nSPS) is 31.1. The van der Waals surface area contributed by atoms with E-state index in [2.05, 4.69) is 54.2 Å². The Morgan fingerprint density at radius 3 is 0.464 bits per heavy atom. The third kappa shape index (κ3) is 10.8. The van der Waals surface area contributed by atoms with Gasteiger partial charge in [0.05, 0.1) is 0 Å². The first-order valence-electron chi connectivity index (χ1n) is 14.8. The summed E-state index contributed by atoms with van der Waals surface area (Å²) in [5, 5.41) is 0. The minimum atomic E-state index is -3.18. The van der Waals surface area contributed by atoms with E-state index >= 15 is 0 Å². The smallest absolute Gasteiger partial charge is 0.185 e. The standard InChI is InChI=1S/2C6H14Cl8N8P6/c2*1-5(2)21-27(17-23(7,8)15-24(9,10)18-27)22(6(3)4)28(21)19-25(11,12)16-26(13,14)20-28/h2*5-6H,1-4H3. The Hall–Kier alpha value is 7.24. The van der Waals surface area contributed by atoms with Gasteiger partial charge in [-0.2, -0.15) is 71.9 Å². The van der Waals surface area contributed by atoms with Crippen LogP contribution in [0.3, 0.4) is 0 Å². The fourth-order valence-electron chi connectivity index (χ4n) is 5.98. The van der Waals surface area contributed by atoms with Crippen molar-refractivity contribution < 1.29 is 0 Å². The van der Waals surface area contributed by atoms with E-state index in [4.69, 9.17) is 180 Å². The number of nitrogens with zero attached hydrogens (tertiary/aromatic N) is 16. The van der Waals surface area contributed by atoms with Crippen LogP contribution in [-0.4, -0.2) is 41.9 Å². The summed E-state index contributed by atoms with van der Waals surface area (Å²) in [7, 11) is -11.9. The molecule has 0 aromatic carbocycles. The fraction of sp³-hybridized carbons (Fsp3) is 1.00. The lowest BCUT2D eigenvalue weighted by Gasteiger charge is -2.62. The zero-order valence-corrected chi connectivity index (χ0v) is 51.7. The molecule has 4 spiro atoms. The second-order valence-electron chi connectivity index (χ2n) is 12.5. The third-order valence-corrected chi connectivity index (χ3v) is 61.5. The zero-order chi connectivity index (χ0) is 43.1. The lowest BCUT2D eigenvalue weighted by molar-refractivity contribution is 0.410. The predicted molar refractivity (Wildman–Crippen MR) is 274 cm³/mol. The SMILES string of the molecule is CC(C)N1P2(=NP(Cl)(Cl)=NP(Cl)(Cl)=N2)N(C(C)C)P12=NP(Cl)(Cl)=NP(Cl)(Cl)=N2.CC(C)N1P2(=NP(Cl)(Cl)=NP(Cl)(Cl)=N2)N(C(C)C)P12=NP(Cl)(Cl)=NP(Cl)(Cl)=N2. The Bertz CT molecular complexity index is 2040. The highest BCUT2D eigenvalue weighted by atomic mass is 35.9. The van der Waals surface area contributed by atoms with Gasteiger partial charge in [0, 0.05) is 24.2 Å². The highest BCUT2D eigenvalue weighted by molar-refractivity contribution is 8.25. The molecule has 2 saturated heterocycles. The van der Waals surface area contributed by atoms with Crippen LogP contribution in [0.2, 0.25) is 0 Å². The van der Waals surface area contributed by atoms with Crippen molar-refractivity contribution in [1.82, 2.24) is 17.8 Å². The monoisotopic (exact) mass is 1330 g/mol. The number of rotatable bonds is 4. The van der Waals surface area contributed by atoms with Gasteiger partial charge in [0.2, 0.25) is 30.0 Å². The molecule has 6 aliphatic rings. The van der Waals surface area contributed by atoms with Gasteiger partial charge in [-0.25, -0.2) is 0 Å². The minimum Gasteiger partial charge on any atom is -0.185 e. The summed E-state index contributed by atoms with van der Waals surface area (Å²) >= 11 is 102. The molecule has 0 bridgehead atoms. The molecule has 0 unspecified atom stereocenters. The van der Waals surface area contributed by atoms with Crippen LogP contribution in [0.25, 0.3) is 0 Å². The second kappa shape index (κ2) is 17.6. The highest BCUT2D eigenvalue weighted by Crippen LogP contribution is 3.04. The van der Waals surface area contributed by atoms with Crippen LogP contribution in [0, 0.1) is 0 Å². The van der Waals surface area contributed by atoms with Crippen LogP contribution in [-0.2, 0) is 0 Å². The van der Waals surface area contributed by atoms with E-state index < -0.39 is 77.3 Å². The molecule has 56 heavy (non-hydrogen) atoms. The van der Waals surface area contributed by atoms with Crippen LogP contribution >= 0.6 is 257 Å². The first-order valence-corrected chi connectivity index (χ1v) is 49.2. The van der Waals surface area contributed by atoms with Crippen molar-refractivity contribution in [3.63, 3.8) is 0 Å². The van der Waals surface area contributed by atoms with Crippen molar-refractivity contribution in [2.45, 2.75) is 79.6 Å². The van der Waals surface area contributed by atoms with Crippen molar-refractivity contribution >= 4 is 257 Å². The lowest BCUT2D eigenvalue weighted by atomic mass is 10.4. The van der Waals surface area contributed by atoms with Gasteiger partial charge in [0.1, 0.15) is 0 Å². The molecule has 0 aromatic rings. The summed E-state index contributed by atoms with van der Waals surface area (Å²) in [6, 6.07) is -0.681. The van der Waals surface area contributed by atoms with Gasteiger partial charge in [0.25, 0.3) is 47.3 Å². The Morgan fingerprint density at radius 1 is 0.232 bits per heavy atom. The summed E-state index contributed by atoms with van der Waals surface area (Å²) in [6.45, 7) is 15.4. The maximum absolute atomic E-state index is 6.39. The zero-order valence-electron chi connectivity index (χ0n) is 28.9. The molecule has 0 amide bonds. The lowest BCUT2D eigenvalue weighted by Crippen LogP contribution is -2.47. The van der Waals surface area contributed by atoms with E-state index in [0.29, 0.717) is 0 Å². The molecule has 328 valence electrons. The Balaban J connectivity index is 0.000000214. The predicted octanol–water partition coefficient (Wildman–Crippen LogP) is 26.1. The average molecular weight is 1340 g/mol. The van der Waals surface area contributed by atoms with Gasteiger partial charge in [-0.15, -0.1) is 0 Å². The van der Waals surface area contributed by atoms with Crippen LogP contribution in [0.5, 0.6) is 0 Å². The Labute approximate surface area is 403 Å². The molecule has 6 aliphatic heterocycles. The van der Waals surface area contributed by atoms with Gasteiger partial charge >= 0.3 is 0 Å². The van der Waals surface area contributed by atoms with Crippen LogP contribution in [0.1, 0.15) is 55.4 Å². The molecule has 0 saturated carbocycles. The van der Waals surface area contributed by atoms with E-state index in [1.54, 1.807) is 0 Å². The van der Waals surface area contributed by atoms with Crippen molar-refractivity contribution in [3.05, 3.63) is 0 Å². The van der Waals surface area contributed by atoms with Crippen LogP contribution in [0.4, 0.5) is 0 Å². The van der Waals surface area contributed by atoms with E-state index in [1.165, 1.54) is 0 Å². The van der Waals surface area contributed by atoms with Gasteiger partial charge in [-0.05, 0) is 235 Å². The van der Waals surface area contributed by atoms with Crippen molar-refractivity contribution in [2.24, 2.45) is 54.2 Å². The summed E-state index contributed by atoms with van der Waals surface area (Å²) < 4.78 is 61.2. The molecule has 0 N–H and O–H groups in total. The summed E-state index contributed by atoms with van der Waals surface area (Å²) in [5.41, 5.74) is 0.